The lowest BCUT2D eigenvalue weighted by Crippen LogP contribution is -2.22. The minimum Gasteiger partial charge on any atom is -0.175 e. The van der Waals surface area contributed by atoms with Gasteiger partial charge in [0.05, 0.1) is 0 Å². The van der Waals surface area contributed by atoms with Gasteiger partial charge in [-0.3, -0.25) is 0 Å². The minimum atomic E-state index is -0.682. The molecule has 0 aromatic rings. The summed E-state index contributed by atoms with van der Waals surface area (Å²) in [5.41, 5.74) is 0. The van der Waals surface area contributed by atoms with Crippen molar-refractivity contribution in [1.82, 2.24) is 0 Å². The maximum absolute atomic E-state index is 6.20. The molecule has 3 heteroatoms. The van der Waals surface area contributed by atoms with Gasteiger partial charge in [-0.2, -0.15) is 11.1 Å². The fourth-order valence-electron chi connectivity index (χ4n) is 0.732. The predicted molar refractivity (Wildman–Crippen MR) is 51.6 cm³/mol. The average molecular weight is 181 g/mol. The molecule has 0 aliphatic carbocycles. The molecule has 0 rings (SSSR count). The van der Waals surface area contributed by atoms with Crippen LogP contribution in [0, 0.1) is 0 Å². The lowest BCUT2D eigenvalue weighted by atomic mass is 10.4. The third-order valence-corrected chi connectivity index (χ3v) is 14.5. The van der Waals surface area contributed by atoms with Gasteiger partial charge in [-0.25, -0.2) is 0 Å². The van der Waals surface area contributed by atoms with E-state index in [4.69, 9.17) is 11.1 Å². The number of hydrogen-bond donors (Lipinski definition) is 0. The van der Waals surface area contributed by atoms with Crippen LogP contribution < -0.4 is 0 Å². The standard InChI is InChI=1S/C6H17ClSi2/c1-4-5-6-9(7)8(2)3/h8-9H,4-6H2,1-3H3. The van der Waals surface area contributed by atoms with Gasteiger partial charge in [0, 0.05) is 8.31 Å². The van der Waals surface area contributed by atoms with E-state index in [1.54, 1.807) is 0 Å². The summed E-state index contributed by atoms with van der Waals surface area (Å²) in [4.78, 5) is 0. The highest BCUT2D eigenvalue weighted by atomic mass is 35.6. The molecule has 0 saturated heterocycles. The Kier molecular flexibility index (Phi) is 5.95. The van der Waals surface area contributed by atoms with Gasteiger partial charge in [0.2, 0.25) is 0 Å². The zero-order valence-corrected chi connectivity index (χ0v) is 9.72. The first-order valence-electron chi connectivity index (χ1n) is 3.82. The second kappa shape index (κ2) is 5.50. The molecule has 0 heterocycles. The van der Waals surface area contributed by atoms with E-state index in [1.807, 2.05) is 0 Å². The molecule has 0 aromatic carbocycles. The zero-order valence-electron chi connectivity index (χ0n) is 6.65. The first-order chi connectivity index (χ1) is 4.18. The summed E-state index contributed by atoms with van der Waals surface area (Å²) >= 11 is 6.20. The molecule has 0 nitrogen and oxygen atoms in total. The summed E-state index contributed by atoms with van der Waals surface area (Å²) in [5.74, 6) is 0. The van der Waals surface area contributed by atoms with Gasteiger partial charge >= 0.3 is 0 Å². The Balaban J connectivity index is 3.16. The number of hydrogen-bond acceptors (Lipinski definition) is 0. The Morgan fingerprint density at radius 1 is 1.33 bits per heavy atom. The fraction of sp³-hybridized carbons (Fsp3) is 1.00. The van der Waals surface area contributed by atoms with Crippen LogP contribution in [0.25, 0.3) is 0 Å². The highest BCUT2D eigenvalue weighted by Crippen LogP contribution is 2.07. The van der Waals surface area contributed by atoms with Crippen LogP contribution in [0.1, 0.15) is 19.8 Å². The zero-order chi connectivity index (χ0) is 7.28. The van der Waals surface area contributed by atoms with Gasteiger partial charge in [-0.05, 0) is 6.04 Å². The predicted octanol–water partition coefficient (Wildman–Crippen LogP) is 2.31. The van der Waals surface area contributed by atoms with Crippen molar-refractivity contribution in [2.45, 2.75) is 38.9 Å². The normalized spacial score (nSPS) is 14.3. The average Bonchev–Trinajstić information content (AvgIpc) is 1.82. The molecule has 0 bridgehead atoms. The summed E-state index contributed by atoms with van der Waals surface area (Å²) in [7, 11) is -1.07. The van der Waals surface area contributed by atoms with Gasteiger partial charge in [0.15, 0.2) is 0 Å². The number of halogens is 1. The van der Waals surface area contributed by atoms with Crippen LogP contribution in [0.15, 0.2) is 0 Å². The molecule has 56 valence electrons. The largest absolute Gasteiger partial charge is 0.175 e. The van der Waals surface area contributed by atoms with Gasteiger partial charge < -0.3 is 0 Å². The molecule has 0 aliphatic rings. The highest BCUT2D eigenvalue weighted by Gasteiger charge is 2.11. The molecule has 0 radical (unpaired) electrons. The van der Waals surface area contributed by atoms with Crippen LogP contribution >= 0.6 is 11.1 Å². The van der Waals surface area contributed by atoms with E-state index in [2.05, 4.69) is 20.0 Å². The fourth-order valence-corrected chi connectivity index (χ4v) is 5.37. The third-order valence-electron chi connectivity index (χ3n) is 1.56. The van der Waals surface area contributed by atoms with Crippen molar-refractivity contribution in [2.24, 2.45) is 0 Å². The van der Waals surface area contributed by atoms with E-state index in [9.17, 15) is 0 Å². The summed E-state index contributed by atoms with van der Waals surface area (Å²) in [5, 5.41) is 0. The van der Waals surface area contributed by atoms with Crippen LogP contribution in [0.2, 0.25) is 19.1 Å². The minimum absolute atomic E-state index is 0.392. The number of unbranched alkanes of at least 4 members (excludes halogenated alkanes) is 1. The van der Waals surface area contributed by atoms with E-state index in [0.717, 1.165) is 0 Å². The van der Waals surface area contributed by atoms with Crippen LogP contribution in [-0.2, 0) is 0 Å². The van der Waals surface area contributed by atoms with E-state index in [-0.39, 0.29) is 0 Å². The van der Waals surface area contributed by atoms with Crippen molar-refractivity contribution in [1.29, 1.82) is 0 Å². The van der Waals surface area contributed by atoms with Crippen molar-refractivity contribution < 1.29 is 0 Å². The topological polar surface area (TPSA) is 0 Å². The SMILES string of the molecule is CCCC[SiH](Cl)[SiH](C)C. The van der Waals surface area contributed by atoms with Gasteiger partial charge in [-0.15, -0.1) is 0 Å². The maximum Gasteiger partial charge on any atom is 0.128 e. The molecule has 0 spiro atoms. The second-order valence-electron chi connectivity index (χ2n) is 2.90. The molecule has 9 heavy (non-hydrogen) atoms. The van der Waals surface area contributed by atoms with Crippen LogP contribution in [0.4, 0.5) is 0 Å². The molecule has 0 fully saturated rings. The summed E-state index contributed by atoms with van der Waals surface area (Å²) in [6.07, 6.45) is 2.68. The Morgan fingerprint density at radius 3 is 2.22 bits per heavy atom. The van der Waals surface area contributed by atoms with E-state index in [0.29, 0.717) is 0 Å². The Hall–Kier alpha value is 0.724. The van der Waals surface area contributed by atoms with Crippen LogP contribution in [0.3, 0.4) is 0 Å². The Labute approximate surface area is 66.3 Å². The molecule has 0 aromatic heterocycles. The summed E-state index contributed by atoms with van der Waals surface area (Å²) in [6.45, 7) is 6.99. The molecule has 0 amide bonds. The molecule has 1 unspecified atom stereocenters. The maximum atomic E-state index is 6.20. The Bertz CT molecular complexity index is 66.1. The van der Waals surface area contributed by atoms with Crippen molar-refractivity contribution in [3.63, 3.8) is 0 Å². The first-order valence-corrected chi connectivity index (χ1v) is 11.4. The van der Waals surface area contributed by atoms with Crippen LogP contribution in [0.5, 0.6) is 0 Å². The van der Waals surface area contributed by atoms with E-state index >= 15 is 0 Å². The monoisotopic (exact) mass is 180 g/mol. The van der Waals surface area contributed by atoms with Gasteiger partial charge in [-0.1, -0.05) is 32.9 Å². The van der Waals surface area contributed by atoms with E-state index < -0.39 is 15.9 Å². The van der Waals surface area contributed by atoms with Gasteiger partial charge in [0.25, 0.3) is 0 Å². The quantitative estimate of drug-likeness (QED) is 0.460. The first kappa shape index (κ1) is 9.72. The number of rotatable bonds is 4. The second-order valence-corrected chi connectivity index (χ2v) is 16.4. The van der Waals surface area contributed by atoms with Crippen molar-refractivity contribution in [3.8, 4) is 0 Å². The lowest BCUT2D eigenvalue weighted by Gasteiger charge is -2.07. The summed E-state index contributed by atoms with van der Waals surface area (Å²) in [6, 6.07) is 1.38. The molecule has 0 saturated carbocycles. The Morgan fingerprint density at radius 2 is 1.89 bits per heavy atom. The molecule has 0 aliphatic heterocycles. The van der Waals surface area contributed by atoms with Crippen molar-refractivity contribution in [2.75, 3.05) is 0 Å². The van der Waals surface area contributed by atoms with Crippen molar-refractivity contribution in [3.05, 3.63) is 0 Å². The highest BCUT2D eigenvalue weighted by molar-refractivity contribution is 7.42. The molecule has 1 atom stereocenters. The smallest absolute Gasteiger partial charge is 0.128 e. The molecular formula is C6H17ClSi2. The lowest BCUT2D eigenvalue weighted by molar-refractivity contribution is 0.880. The van der Waals surface area contributed by atoms with Crippen LogP contribution in [-0.4, -0.2) is 15.9 Å². The third kappa shape index (κ3) is 5.18. The van der Waals surface area contributed by atoms with E-state index in [1.165, 1.54) is 18.9 Å². The molecule has 0 N–H and O–H groups in total. The summed E-state index contributed by atoms with van der Waals surface area (Å²) < 4.78 is 0. The molecular weight excluding hydrogens is 164 g/mol. The van der Waals surface area contributed by atoms with Gasteiger partial charge in [0.1, 0.15) is 7.62 Å². The van der Waals surface area contributed by atoms with Crippen molar-refractivity contribution >= 4 is 27.0 Å².